The van der Waals surface area contributed by atoms with Gasteiger partial charge in [0.15, 0.2) is 0 Å². The van der Waals surface area contributed by atoms with Crippen LogP contribution in [-0.4, -0.2) is 35.0 Å². The van der Waals surface area contributed by atoms with E-state index < -0.39 is 17.7 Å². The first kappa shape index (κ1) is 14.5. The molecule has 2 rings (SSSR count). The van der Waals surface area contributed by atoms with Crippen molar-refractivity contribution >= 4 is 11.9 Å². The highest BCUT2D eigenvalue weighted by Crippen LogP contribution is 2.25. The molecule has 1 aromatic rings. The third-order valence-electron chi connectivity index (χ3n) is 3.86. The molecular weight excluding hydrogens is 261 g/mol. The SMILES string of the molecule is Cc1ccc(F)c(C(=O)N2CCC(C(=O)O)C(C)C2)c1. The molecule has 0 spiro atoms. The Morgan fingerprint density at radius 1 is 1.40 bits per heavy atom. The van der Waals surface area contributed by atoms with Crippen molar-refractivity contribution < 1.29 is 19.1 Å². The molecule has 0 aliphatic carbocycles. The van der Waals surface area contributed by atoms with E-state index in [1.165, 1.54) is 12.1 Å². The van der Waals surface area contributed by atoms with Crippen LogP contribution in [0, 0.1) is 24.6 Å². The fourth-order valence-electron chi connectivity index (χ4n) is 2.67. The third-order valence-corrected chi connectivity index (χ3v) is 3.86. The zero-order chi connectivity index (χ0) is 14.9. The van der Waals surface area contributed by atoms with Crippen LogP contribution in [0.3, 0.4) is 0 Å². The van der Waals surface area contributed by atoms with Crippen LogP contribution >= 0.6 is 0 Å². The normalized spacial score (nSPS) is 22.6. The Labute approximate surface area is 117 Å². The van der Waals surface area contributed by atoms with Crippen LogP contribution < -0.4 is 0 Å². The average molecular weight is 279 g/mol. The summed E-state index contributed by atoms with van der Waals surface area (Å²) < 4.78 is 13.7. The van der Waals surface area contributed by atoms with Crippen molar-refractivity contribution in [1.29, 1.82) is 0 Å². The molecule has 1 N–H and O–H groups in total. The maximum atomic E-state index is 13.7. The van der Waals surface area contributed by atoms with Gasteiger partial charge in [-0.25, -0.2) is 4.39 Å². The number of amides is 1. The van der Waals surface area contributed by atoms with Gasteiger partial charge in [0.25, 0.3) is 5.91 Å². The Bertz CT molecular complexity index is 544. The number of halogens is 1. The lowest BCUT2D eigenvalue weighted by molar-refractivity contribution is -0.145. The van der Waals surface area contributed by atoms with Crippen LogP contribution in [0.15, 0.2) is 18.2 Å². The average Bonchev–Trinajstić information content (AvgIpc) is 2.40. The van der Waals surface area contributed by atoms with Crippen LogP contribution in [0.4, 0.5) is 4.39 Å². The number of carbonyl (C=O) groups is 2. The molecule has 1 heterocycles. The number of aryl methyl sites for hydroxylation is 1. The highest BCUT2D eigenvalue weighted by molar-refractivity contribution is 5.94. The summed E-state index contributed by atoms with van der Waals surface area (Å²) in [5.74, 6) is -2.28. The van der Waals surface area contributed by atoms with Gasteiger partial charge < -0.3 is 10.0 Å². The number of rotatable bonds is 2. The number of hydrogen-bond acceptors (Lipinski definition) is 2. The summed E-state index contributed by atoms with van der Waals surface area (Å²) in [4.78, 5) is 24.9. The van der Waals surface area contributed by atoms with Crippen molar-refractivity contribution in [1.82, 2.24) is 4.90 Å². The molecule has 1 saturated heterocycles. The summed E-state index contributed by atoms with van der Waals surface area (Å²) in [6, 6.07) is 4.44. The molecule has 2 atom stereocenters. The molecule has 2 unspecified atom stereocenters. The Hall–Kier alpha value is -1.91. The minimum absolute atomic E-state index is 0.0611. The monoisotopic (exact) mass is 279 g/mol. The number of nitrogens with zero attached hydrogens (tertiary/aromatic N) is 1. The molecule has 0 bridgehead atoms. The molecule has 108 valence electrons. The third kappa shape index (κ3) is 2.81. The largest absolute Gasteiger partial charge is 0.481 e. The summed E-state index contributed by atoms with van der Waals surface area (Å²) in [6.45, 7) is 4.32. The van der Waals surface area contributed by atoms with Gasteiger partial charge in [0.05, 0.1) is 11.5 Å². The minimum Gasteiger partial charge on any atom is -0.481 e. The van der Waals surface area contributed by atoms with Crippen LogP contribution in [0.5, 0.6) is 0 Å². The van der Waals surface area contributed by atoms with Crippen molar-refractivity contribution in [3.8, 4) is 0 Å². The molecule has 0 radical (unpaired) electrons. The van der Waals surface area contributed by atoms with E-state index in [2.05, 4.69) is 0 Å². The molecule has 5 heteroatoms. The number of likely N-dealkylation sites (tertiary alicyclic amines) is 1. The minimum atomic E-state index is -0.827. The van der Waals surface area contributed by atoms with Gasteiger partial charge in [0.1, 0.15) is 5.82 Å². The highest BCUT2D eigenvalue weighted by atomic mass is 19.1. The highest BCUT2D eigenvalue weighted by Gasteiger charge is 2.33. The van der Waals surface area contributed by atoms with Crippen molar-refractivity contribution in [3.05, 3.63) is 35.1 Å². The molecular formula is C15H18FNO3. The molecule has 1 aliphatic heterocycles. The topological polar surface area (TPSA) is 57.6 Å². The van der Waals surface area contributed by atoms with E-state index in [9.17, 15) is 14.0 Å². The van der Waals surface area contributed by atoms with Crippen molar-refractivity contribution in [2.45, 2.75) is 20.3 Å². The summed E-state index contributed by atoms with van der Waals surface area (Å²) in [5.41, 5.74) is 0.884. The smallest absolute Gasteiger partial charge is 0.306 e. The van der Waals surface area contributed by atoms with Crippen LogP contribution in [0.2, 0.25) is 0 Å². The van der Waals surface area contributed by atoms with Gasteiger partial charge in [-0.2, -0.15) is 0 Å². The van der Waals surface area contributed by atoms with E-state index in [0.717, 1.165) is 5.56 Å². The van der Waals surface area contributed by atoms with E-state index >= 15 is 0 Å². The molecule has 0 saturated carbocycles. The Kier molecular flexibility index (Phi) is 4.06. The number of carboxylic acids is 1. The molecule has 1 amide bonds. The maximum absolute atomic E-state index is 13.7. The molecule has 1 aromatic carbocycles. The van der Waals surface area contributed by atoms with Crippen molar-refractivity contribution in [2.24, 2.45) is 11.8 Å². The van der Waals surface area contributed by atoms with E-state index in [4.69, 9.17) is 5.11 Å². The van der Waals surface area contributed by atoms with Crippen molar-refractivity contribution in [2.75, 3.05) is 13.1 Å². The number of piperidine rings is 1. The van der Waals surface area contributed by atoms with E-state index in [-0.39, 0.29) is 17.4 Å². The Balaban J connectivity index is 2.15. The molecule has 4 nitrogen and oxygen atoms in total. The number of carbonyl (C=O) groups excluding carboxylic acids is 1. The quantitative estimate of drug-likeness (QED) is 0.903. The van der Waals surface area contributed by atoms with E-state index in [1.807, 2.05) is 6.92 Å². The lowest BCUT2D eigenvalue weighted by Gasteiger charge is -2.35. The number of carboxylic acid groups (broad SMARTS) is 1. The summed E-state index contributed by atoms with van der Waals surface area (Å²) in [7, 11) is 0. The summed E-state index contributed by atoms with van der Waals surface area (Å²) in [5, 5.41) is 9.07. The predicted octanol–water partition coefficient (Wildman–Crippen LogP) is 2.32. The first-order chi connectivity index (χ1) is 9.40. The van der Waals surface area contributed by atoms with Crippen LogP contribution in [-0.2, 0) is 4.79 Å². The van der Waals surface area contributed by atoms with Gasteiger partial charge in [-0.15, -0.1) is 0 Å². The fourth-order valence-corrected chi connectivity index (χ4v) is 2.67. The summed E-state index contributed by atoms with van der Waals surface area (Å²) >= 11 is 0. The van der Waals surface area contributed by atoms with Gasteiger partial charge >= 0.3 is 5.97 Å². The number of hydrogen-bond donors (Lipinski definition) is 1. The Morgan fingerprint density at radius 2 is 2.10 bits per heavy atom. The second kappa shape index (κ2) is 5.61. The van der Waals surface area contributed by atoms with E-state index in [0.29, 0.717) is 19.5 Å². The molecule has 1 fully saturated rings. The lowest BCUT2D eigenvalue weighted by atomic mass is 9.87. The van der Waals surface area contributed by atoms with Crippen LogP contribution in [0.25, 0.3) is 0 Å². The van der Waals surface area contributed by atoms with Gasteiger partial charge in [-0.1, -0.05) is 18.6 Å². The van der Waals surface area contributed by atoms with Crippen molar-refractivity contribution in [3.63, 3.8) is 0 Å². The lowest BCUT2D eigenvalue weighted by Crippen LogP contribution is -2.45. The van der Waals surface area contributed by atoms with Gasteiger partial charge in [-0.3, -0.25) is 9.59 Å². The van der Waals surface area contributed by atoms with Gasteiger partial charge in [0, 0.05) is 13.1 Å². The second-order valence-electron chi connectivity index (χ2n) is 5.45. The predicted molar refractivity (Wildman–Crippen MR) is 71.9 cm³/mol. The molecule has 20 heavy (non-hydrogen) atoms. The number of aliphatic carboxylic acids is 1. The van der Waals surface area contributed by atoms with Gasteiger partial charge in [-0.05, 0) is 31.4 Å². The van der Waals surface area contributed by atoms with E-state index in [1.54, 1.807) is 17.9 Å². The summed E-state index contributed by atoms with van der Waals surface area (Å²) in [6.07, 6.45) is 0.412. The van der Waals surface area contributed by atoms with Gasteiger partial charge in [0.2, 0.25) is 0 Å². The second-order valence-corrected chi connectivity index (χ2v) is 5.45. The fraction of sp³-hybridized carbons (Fsp3) is 0.467. The first-order valence-electron chi connectivity index (χ1n) is 6.68. The maximum Gasteiger partial charge on any atom is 0.306 e. The molecule has 1 aliphatic rings. The Morgan fingerprint density at radius 3 is 2.70 bits per heavy atom. The zero-order valence-electron chi connectivity index (χ0n) is 11.6. The number of benzene rings is 1. The zero-order valence-corrected chi connectivity index (χ0v) is 11.6. The van der Waals surface area contributed by atoms with Crippen LogP contribution in [0.1, 0.15) is 29.3 Å². The molecule has 0 aromatic heterocycles. The first-order valence-corrected chi connectivity index (χ1v) is 6.68. The standard InChI is InChI=1S/C15H18FNO3/c1-9-3-4-13(16)12(7-9)14(18)17-6-5-11(15(19)20)10(2)8-17/h3-4,7,10-11H,5-6,8H2,1-2H3,(H,19,20).